The van der Waals surface area contributed by atoms with Crippen molar-refractivity contribution in [2.45, 2.75) is 6.18 Å². The van der Waals surface area contributed by atoms with E-state index < -0.39 is 11.7 Å². The normalized spacial score (nSPS) is 11.3. The molecule has 0 saturated carbocycles. The fourth-order valence-electron chi connectivity index (χ4n) is 0.886. The van der Waals surface area contributed by atoms with Gasteiger partial charge in [-0.15, -0.1) is 0 Å². The van der Waals surface area contributed by atoms with Crippen molar-refractivity contribution in [3.8, 4) is 5.75 Å². The van der Waals surface area contributed by atoms with Crippen LogP contribution in [0.15, 0.2) is 18.2 Å². The third-order valence-electron chi connectivity index (χ3n) is 1.45. The molecule has 82 valence electrons. The molecule has 1 rings (SSSR count). The first-order valence-corrected chi connectivity index (χ1v) is 4.81. The fraction of sp³-hybridized carbons (Fsp3) is 0.125. The number of halogens is 4. The highest BCUT2D eigenvalue weighted by molar-refractivity contribution is 8.10. The van der Waals surface area contributed by atoms with Gasteiger partial charge in [-0.1, -0.05) is 24.2 Å². The summed E-state index contributed by atoms with van der Waals surface area (Å²) >= 11 is 13.5. The van der Waals surface area contributed by atoms with Gasteiger partial charge in [0.15, 0.2) is 0 Å². The molecule has 1 aromatic carbocycles. The highest BCUT2D eigenvalue weighted by atomic mass is 35.5. The summed E-state index contributed by atoms with van der Waals surface area (Å²) in [7, 11) is 0. The number of rotatable bonds is 1. The summed E-state index contributed by atoms with van der Waals surface area (Å²) in [5.41, 5.74) is -0.966. The number of thiol groups is 1. The predicted molar refractivity (Wildman–Crippen MR) is 58.7 cm³/mol. The van der Waals surface area contributed by atoms with Crippen LogP contribution < -0.4 is 4.74 Å². The number of alkyl halides is 3. The first kappa shape index (κ1) is 12.6. The molecule has 0 saturated heterocycles. The maximum atomic E-state index is 12.4. The Morgan fingerprint density at radius 1 is 1.40 bits per heavy atom. The van der Waals surface area contributed by atoms with Crippen LogP contribution in [0.5, 0.6) is 5.75 Å². The Hall–Kier alpha value is -0.460. The second-order valence-electron chi connectivity index (χ2n) is 2.51. The first-order valence-electron chi connectivity index (χ1n) is 3.58. The van der Waals surface area contributed by atoms with Crippen molar-refractivity contribution in [1.82, 2.24) is 0 Å². The van der Waals surface area contributed by atoms with E-state index in [9.17, 15) is 13.2 Å². The van der Waals surface area contributed by atoms with Crippen LogP contribution in [0.3, 0.4) is 0 Å². The van der Waals surface area contributed by atoms with Crippen LogP contribution in [0, 0.1) is 0 Å². The van der Waals surface area contributed by atoms with E-state index in [1.54, 1.807) is 0 Å². The van der Waals surface area contributed by atoms with E-state index in [2.05, 4.69) is 24.8 Å². The summed E-state index contributed by atoms with van der Waals surface area (Å²) < 4.78 is 41.7. The Balaban J connectivity index is 3.11. The van der Waals surface area contributed by atoms with Crippen LogP contribution in [-0.4, -0.2) is 4.38 Å². The van der Waals surface area contributed by atoms with Gasteiger partial charge in [-0.2, -0.15) is 13.2 Å². The summed E-state index contributed by atoms with van der Waals surface area (Å²) in [6, 6.07) is 3.14. The molecule has 15 heavy (non-hydrogen) atoms. The van der Waals surface area contributed by atoms with E-state index in [0.29, 0.717) is 0 Å². The van der Waals surface area contributed by atoms with Crippen molar-refractivity contribution in [2.24, 2.45) is 0 Å². The van der Waals surface area contributed by atoms with Crippen LogP contribution >= 0.6 is 36.4 Å². The molecule has 0 aliphatic heterocycles. The van der Waals surface area contributed by atoms with Crippen LogP contribution in [0.25, 0.3) is 0 Å². The van der Waals surface area contributed by atoms with E-state index >= 15 is 0 Å². The van der Waals surface area contributed by atoms with Crippen LogP contribution in [0.2, 0.25) is 5.02 Å². The molecule has 0 spiro atoms. The predicted octanol–water partition coefficient (Wildman–Crippen LogP) is 3.95. The summed E-state index contributed by atoms with van der Waals surface area (Å²) in [5, 5.41) is -0.389. The van der Waals surface area contributed by atoms with E-state index in [4.69, 9.17) is 16.3 Å². The van der Waals surface area contributed by atoms with Gasteiger partial charge in [0.1, 0.15) is 5.75 Å². The topological polar surface area (TPSA) is 9.23 Å². The lowest BCUT2D eigenvalue weighted by Crippen LogP contribution is -2.06. The van der Waals surface area contributed by atoms with Gasteiger partial charge in [-0.25, -0.2) is 0 Å². The van der Waals surface area contributed by atoms with E-state index in [-0.39, 0.29) is 15.2 Å². The molecule has 0 atom stereocenters. The number of hydrogen-bond donors (Lipinski definition) is 1. The Morgan fingerprint density at radius 2 is 2.00 bits per heavy atom. The van der Waals surface area contributed by atoms with Gasteiger partial charge >= 0.3 is 6.18 Å². The quantitative estimate of drug-likeness (QED) is 0.612. The molecule has 0 unspecified atom stereocenters. The van der Waals surface area contributed by atoms with E-state index in [0.717, 1.165) is 12.1 Å². The largest absolute Gasteiger partial charge is 0.440 e. The lowest BCUT2D eigenvalue weighted by molar-refractivity contribution is -0.137. The van der Waals surface area contributed by atoms with Crippen molar-refractivity contribution < 1.29 is 17.9 Å². The number of thiocarbonyl (C=S) groups is 1. The molecule has 7 heteroatoms. The minimum absolute atomic E-state index is 0.0493. The zero-order valence-electron chi connectivity index (χ0n) is 7.01. The Bertz CT molecular complexity index is 392. The molecule has 0 fully saturated rings. The van der Waals surface area contributed by atoms with Gasteiger partial charge in [0.05, 0.1) is 10.6 Å². The molecule has 0 bridgehead atoms. The average molecular weight is 273 g/mol. The minimum atomic E-state index is -4.52. The molecule has 0 amide bonds. The second-order valence-corrected chi connectivity index (χ2v) is 3.99. The maximum absolute atomic E-state index is 12.4. The average Bonchev–Trinajstić information content (AvgIpc) is 2.05. The van der Waals surface area contributed by atoms with Gasteiger partial charge in [-0.3, -0.25) is 0 Å². The molecule has 1 aromatic rings. The van der Waals surface area contributed by atoms with Crippen molar-refractivity contribution in [3.05, 3.63) is 28.8 Å². The molecule has 0 aromatic heterocycles. The Labute approximate surface area is 99.6 Å². The van der Waals surface area contributed by atoms with E-state index in [1.807, 2.05) is 0 Å². The smallest absolute Gasteiger partial charge is 0.417 e. The van der Waals surface area contributed by atoms with Gasteiger partial charge < -0.3 is 4.74 Å². The van der Waals surface area contributed by atoms with Gasteiger partial charge in [0.25, 0.3) is 0 Å². The highest BCUT2D eigenvalue weighted by Gasteiger charge is 2.33. The maximum Gasteiger partial charge on any atom is 0.417 e. The monoisotopic (exact) mass is 272 g/mol. The van der Waals surface area contributed by atoms with Gasteiger partial charge in [0.2, 0.25) is 4.38 Å². The third-order valence-corrected chi connectivity index (χ3v) is 1.95. The lowest BCUT2D eigenvalue weighted by Gasteiger charge is -2.10. The molecule has 0 N–H and O–H groups in total. The van der Waals surface area contributed by atoms with Gasteiger partial charge in [0, 0.05) is 0 Å². The summed E-state index contributed by atoms with van der Waals surface area (Å²) in [4.78, 5) is 0. The molecule has 0 heterocycles. The highest BCUT2D eigenvalue weighted by Crippen LogP contribution is 2.36. The van der Waals surface area contributed by atoms with Gasteiger partial charge in [-0.05, 0) is 30.4 Å². The Kier molecular flexibility index (Phi) is 3.86. The molecular weight excluding hydrogens is 269 g/mol. The molecule has 0 aliphatic rings. The lowest BCUT2D eigenvalue weighted by atomic mass is 10.2. The standard InChI is InChI=1S/C8H4ClF3OS2/c9-6-2-1-4(13-7(14)15)3-5(6)8(10,11)12/h1-3H,(H,14,15). The van der Waals surface area contributed by atoms with Crippen molar-refractivity contribution in [1.29, 1.82) is 0 Å². The summed E-state index contributed by atoms with van der Waals surface area (Å²) in [6.07, 6.45) is -4.52. The van der Waals surface area contributed by atoms with E-state index in [1.165, 1.54) is 6.07 Å². The van der Waals surface area contributed by atoms with Crippen molar-refractivity contribution >= 4 is 40.8 Å². The number of hydrogen-bond acceptors (Lipinski definition) is 2. The molecule has 0 aliphatic carbocycles. The zero-order chi connectivity index (χ0) is 11.6. The van der Waals surface area contributed by atoms with Crippen LogP contribution in [-0.2, 0) is 6.18 Å². The molecule has 1 nitrogen and oxygen atoms in total. The zero-order valence-corrected chi connectivity index (χ0v) is 9.47. The summed E-state index contributed by atoms with van der Waals surface area (Å²) in [5.74, 6) is -0.0493. The number of ether oxygens (including phenoxy) is 1. The Morgan fingerprint density at radius 3 is 2.47 bits per heavy atom. The first-order chi connectivity index (χ1) is 6.80. The summed E-state index contributed by atoms with van der Waals surface area (Å²) in [6.45, 7) is 0. The number of benzene rings is 1. The molecule has 0 radical (unpaired) electrons. The van der Waals surface area contributed by atoms with Crippen molar-refractivity contribution in [3.63, 3.8) is 0 Å². The SMILES string of the molecule is FC(F)(F)c1cc(OC(=S)S)ccc1Cl. The minimum Gasteiger partial charge on any atom is -0.440 e. The van der Waals surface area contributed by atoms with Crippen molar-refractivity contribution in [2.75, 3.05) is 0 Å². The second kappa shape index (κ2) is 4.59. The molecular formula is C8H4ClF3OS2. The van der Waals surface area contributed by atoms with Crippen LogP contribution in [0.1, 0.15) is 5.56 Å². The van der Waals surface area contributed by atoms with Crippen LogP contribution in [0.4, 0.5) is 13.2 Å². The third kappa shape index (κ3) is 3.55. The fourth-order valence-corrected chi connectivity index (χ4v) is 1.31.